The number of benzene rings is 2. The molecule has 3 rings (SSSR count). The van der Waals surface area contributed by atoms with Crippen molar-refractivity contribution in [3.8, 4) is 0 Å². The number of nitrogens with one attached hydrogen (secondary N) is 1. The van der Waals surface area contributed by atoms with Gasteiger partial charge in [-0.05, 0) is 49.2 Å². The van der Waals surface area contributed by atoms with E-state index < -0.39 is 5.25 Å². The summed E-state index contributed by atoms with van der Waals surface area (Å²) in [5.74, 6) is -0.308. The van der Waals surface area contributed by atoms with Crippen LogP contribution in [0, 0.1) is 13.8 Å². The van der Waals surface area contributed by atoms with Crippen LogP contribution in [0.5, 0.6) is 0 Å². The molecule has 1 aliphatic heterocycles. The van der Waals surface area contributed by atoms with E-state index in [2.05, 4.69) is 10.3 Å². The van der Waals surface area contributed by atoms with Crippen molar-refractivity contribution in [1.29, 1.82) is 0 Å². The van der Waals surface area contributed by atoms with Crippen LogP contribution < -0.4 is 5.32 Å². The first kappa shape index (κ1) is 19.5. The van der Waals surface area contributed by atoms with Crippen molar-refractivity contribution in [2.75, 3.05) is 12.4 Å². The quantitative estimate of drug-likeness (QED) is 0.817. The van der Waals surface area contributed by atoms with Crippen molar-refractivity contribution < 1.29 is 9.59 Å². The number of hydrogen-bond acceptors (Lipinski definition) is 4. The zero-order valence-electron chi connectivity index (χ0n) is 15.3. The Kier molecular flexibility index (Phi) is 5.87. The van der Waals surface area contributed by atoms with E-state index in [4.69, 9.17) is 11.6 Å². The van der Waals surface area contributed by atoms with E-state index in [9.17, 15) is 9.59 Å². The molecule has 140 valence electrons. The van der Waals surface area contributed by atoms with Crippen LogP contribution in [-0.4, -0.2) is 34.2 Å². The van der Waals surface area contributed by atoms with Gasteiger partial charge in [0.15, 0.2) is 5.17 Å². The van der Waals surface area contributed by atoms with E-state index >= 15 is 0 Å². The van der Waals surface area contributed by atoms with Gasteiger partial charge in [-0.15, -0.1) is 0 Å². The molecule has 1 atom stereocenters. The van der Waals surface area contributed by atoms with Crippen LogP contribution in [0.15, 0.2) is 47.5 Å². The Bertz CT molecular complexity index is 929. The van der Waals surface area contributed by atoms with Gasteiger partial charge in [0.2, 0.25) is 11.8 Å². The fourth-order valence-corrected chi connectivity index (χ4v) is 4.10. The van der Waals surface area contributed by atoms with Crippen molar-refractivity contribution in [2.24, 2.45) is 4.99 Å². The number of aryl methyl sites for hydroxylation is 2. The van der Waals surface area contributed by atoms with Crippen LogP contribution in [0.25, 0.3) is 0 Å². The van der Waals surface area contributed by atoms with E-state index in [0.29, 0.717) is 10.2 Å². The molecule has 0 aliphatic carbocycles. The number of para-hydroxylation sites is 1. The topological polar surface area (TPSA) is 61.8 Å². The zero-order chi connectivity index (χ0) is 19.6. The van der Waals surface area contributed by atoms with Gasteiger partial charge in [0.05, 0.1) is 5.69 Å². The van der Waals surface area contributed by atoms with Crippen molar-refractivity contribution in [2.45, 2.75) is 25.5 Å². The van der Waals surface area contributed by atoms with E-state index in [1.807, 2.05) is 50.2 Å². The number of thioether (sulfide) groups is 1. The fourth-order valence-electron chi connectivity index (χ4n) is 2.73. The summed E-state index contributed by atoms with van der Waals surface area (Å²) >= 11 is 7.29. The smallest absolute Gasteiger partial charge is 0.242 e. The lowest BCUT2D eigenvalue weighted by atomic mass is 10.2. The van der Waals surface area contributed by atoms with Gasteiger partial charge in [0, 0.05) is 24.2 Å². The van der Waals surface area contributed by atoms with Crippen LogP contribution in [0.4, 0.5) is 11.4 Å². The lowest BCUT2D eigenvalue weighted by molar-refractivity contribution is -0.127. The molecule has 1 aliphatic rings. The molecular weight excluding hydrogens is 382 g/mol. The van der Waals surface area contributed by atoms with Crippen molar-refractivity contribution in [3.05, 3.63) is 58.6 Å². The van der Waals surface area contributed by atoms with Gasteiger partial charge in [-0.1, -0.05) is 41.6 Å². The molecule has 27 heavy (non-hydrogen) atoms. The summed E-state index contributed by atoms with van der Waals surface area (Å²) in [5, 5.41) is 3.62. The second-order valence-corrected chi connectivity index (χ2v) is 8.00. The van der Waals surface area contributed by atoms with Crippen LogP contribution in [0.3, 0.4) is 0 Å². The predicted molar refractivity (Wildman–Crippen MR) is 112 cm³/mol. The SMILES string of the molecule is Cc1cc(Cl)ccc1N=C1S[C@@H](CC(=O)Nc2ccccc2C)C(=O)N1C. The molecule has 0 bridgehead atoms. The molecule has 2 aromatic carbocycles. The summed E-state index contributed by atoms with van der Waals surface area (Å²) in [6.07, 6.45) is 0.0980. The summed E-state index contributed by atoms with van der Waals surface area (Å²) in [7, 11) is 1.68. The third kappa shape index (κ3) is 4.51. The summed E-state index contributed by atoms with van der Waals surface area (Å²) in [5.41, 5.74) is 3.43. The Morgan fingerprint density at radius 2 is 1.96 bits per heavy atom. The average molecular weight is 402 g/mol. The molecule has 5 nitrogen and oxygen atoms in total. The van der Waals surface area contributed by atoms with Crippen LogP contribution in [-0.2, 0) is 9.59 Å². The van der Waals surface area contributed by atoms with Gasteiger partial charge < -0.3 is 5.32 Å². The Morgan fingerprint density at radius 1 is 1.22 bits per heavy atom. The molecule has 0 radical (unpaired) electrons. The molecule has 0 aromatic heterocycles. The van der Waals surface area contributed by atoms with Gasteiger partial charge >= 0.3 is 0 Å². The minimum Gasteiger partial charge on any atom is -0.326 e. The van der Waals surface area contributed by atoms with Gasteiger partial charge in [-0.2, -0.15) is 0 Å². The van der Waals surface area contributed by atoms with E-state index in [1.54, 1.807) is 13.1 Å². The number of aliphatic imine (C=N–C) groups is 1. The fraction of sp³-hybridized carbons (Fsp3) is 0.250. The average Bonchev–Trinajstić information content (AvgIpc) is 2.87. The lowest BCUT2D eigenvalue weighted by Crippen LogP contribution is -2.30. The maximum absolute atomic E-state index is 12.5. The van der Waals surface area contributed by atoms with E-state index in [-0.39, 0.29) is 18.2 Å². The summed E-state index contributed by atoms with van der Waals surface area (Å²) in [6, 6.07) is 13.0. The molecule has 1 fully saturated rings. The van der Waals surface area contributed by atoms with Gasteiger partial charge in [0.1, 0.15) is 5.25 Å². The Morgan fingerprint density at radius 3 is 2.67 bits per heavy atom. The van der Waals surface area contributed by atoms with Crippen molar-refractivity contribution >= 4 is 51.7 Å². The highest BCUT2D eigenvalue weighted by Gasteiger charge is 2.37. The van der Waals surface area contributed by atoms with Crippen LogP contribution >= 0.6 is 23.4 Å². The van der Waals surface area contributed by atoms with Crippen LogP contribution in [0.2, 0.25) is 5.02 Å². The maximum Gasteiger partial charge on any atom is 0.242 e. The van der Waals surface area contributed by atoms with E-state index in [1.165, 1.54) is 16.7 Å². The van der Waals surface area contributed by atoms with Gasteiger partial charge in [-0.25, -0.2) is 4.99 Å². The molecule has 7 heteroatoms. The van der Waals surface area contributed by atoms with Crippen LogP contribution in [0.1, 0.15) is 17.5 Å². The summed E-state index contributed by atoms with van der Waals surface area (Å²) < 4.78 is 0. The third-order valence-electron chi connectivity index (χ3n) is 4.31. The van der Waals surface area contributed by atoms with Gasteiger partial charge in [-0.3, -0.25) is 14.5 Å². The van der Waals surface area contributed by atoms with Crippen molar-refractivity contribution in [1.82, 2.24) is 4.90 Å². The molecular formula is C20H20ClN3O2S. The minimum atomic E-state index is -0.481. The van der Waals surface area contributed by atoms with Gasteiger partial charge in [0.25, 0.3) is 0 Å². The molecule has 0 spiro atoms. The predicted octanol–water partition coefficient (Wildman–Crippen LogP) is 4.55. The highest BCUT2D eigenvalue weighted by Crippen LogP contribution is 2.32. The molecule has 0 saturated carbocycles. The van der Waals surface area contributed by atoms with E-state index in [0.717, 1.165) is 22.5 Å². The number of hydrogen-bond donors (Lipinski definition) is 1. The molecule has 1 heterocycles. The monoisotopic (exact) mass is 401 g/mol. The number of anilines is 1. The second-order valence-electron chi connectivity index (χ2n) is 6.40. The molecule has 1 saturated heterocycles. The first-order chi connectivity index (χ1) is 12.8. The standard InChI is InChI=1S/C20H20ClN3O2S/c1-12-6-4-5-7-15(12)22-18(25)11-17-19(26)24(3)20(27-17)23-16-9-8-14(21)10-13(16)2/h4-10,17H,11H2,1-3H3,(H,22,25)/t17-/m0/s1. The number of halogens is 1. The third-order valence-corrected chi connectivity index (χ3v) is 5.77. The highest BCUT2D eigenvalue weighted by atomic mass is 35.5. The molecule has 2 amide bonds. The number of carbonyl (C=O) groups excluding carboxylic acids is 2. The molecule has 0 unspecified atom stereocenters. The Balaban J connectivity index is 1.71. The van der Waals surface area contributed by atoms with Crippen molar-refractivity contribution in [3.63, 3.8) is 0 Å². The molecule has 2 aromatic rings. The maximum atomic E-state index is 12.5. The number of amidine groups is 1. The number of nitrogens with zero attached hydrogens (tertiary/aromatic N) is 2. The summed E-state index contributed by atoms with van der Waals surface area (Å²) in [6.45, 7) is 3.85. The zero-order valence-corrected chi connectivity index (χ0v) is 16.9. The summed E-state index contributed by atoms with van der Waals surface area (Å²) in [4.78, 5) is 31.0. The normalized spacial score (nSPS) is 18.2. The first-order valence-electron chi connectivity index (χ1n) is 8.49. The first-order valence-corrected chi connectivity index (χ1v) is 9.75. The number of carbonyl (C=O) groups is 2. The number of amides is 2. The largest absolute Gasteiger partial charge is 0.326 e. The second kappa shape index (κ2) is 8.15. The highest BCUT2D eigenvalue weighted by molar-refractivity contribution is 8.15. The lowest BCUT2D eigenvalue weighted by Gasteiger charge is -2.10. The Hall–Kier alpha value is -2.31. The Labute approximate surface area is 167 Å². The minimum absolute atomic E-state index is 0.0980. The molecule has 1 N–H and O–H groups in total. The number of rotatable bonds is 4.